The summed E-state index contributed by atoms with van der Waals surface area (Å²) in [7, 11) is 0. The van der Waals surface area contributed by atoms with Gasteiger partial charge in [-0.25, -0.2) is 0 Å². The van der Waals surface area contributed by atoms with E-state index in [-0.39, 0.29) is 11.3 Å². The Morgan fingerprint density at radius 3 is 1.61 bits per heavy atom. The molecule has 3 aliphatic carbocycles. The summed E-state index contributed by atoms with van der Waals surface area (Å²) in [5.41, 5.74) is 21.8. The molecule has 10 aromatic carbocycles. The lowest BCUT2D eigenvalue weighted by Gasteiger charge is -2.40. The third-order valence-corrected chi connectivity index (χ3v) is 16.1. The van der Waals surface area contributed by atoms with Gasteiger partial charge in [0.2, 0.25) is 0 Å². The van der Waals surface area contributed by atoms with Crippen molar-refractivity contribution < 1.29 is 0 Å². The van der Waals surface area contributed by atoms with Crippen LogP contribution in [0.4, 0.5) is 17.1 Å². The first-order chi connectivity index (χ1) is 35.1. The highest BCUT2D eigenvalue weighted by molar-refractivity contribution is 6.11. The predicted octanol–water partition coefficient (Wildman–Crippen LogP) is 17.7. The zero-order chi connectivity index (χ0) is 47.1. The average Bonchev–Trinajstić information content (AvgIpc) is 4.04. The van der Waals surface area contributed by atoms with Crippen molar-refractivity contribution >= 4 is 38.9 Å². The fraction of sp³-hybridized carbons (Fsp3) is 0.0725. The topological polar surface area (TPSA) is 8.17 Å². The summed E-state index contributed by atoms with van der Waals surface area (Å²) in [6, 6.07) is 90.7. The lowest BCUT2D eigenvalue weighted by atomic mass is 9.62. The fourth-order valence-electron chi connectivity index (χ4n) is 12.9. The van der Waals surface area contributed by atoms with Crippen molar-refractivity contribution in [3.8, 4) is 39.1 Å². The maximum atomic E-state index is 2.52. The van der Waals surface area contributed by atoms with E-state index in [1.54, 1.807) is 0 Å². The maximum absolute atomic E-state index is 2.52. The zero-order valence-electron chi connectivity index (χ0n) is 39.6. The number of allylic oxidation sites excluding steroid dienone is 4. The van der Waals surface area contributed by atoms with Gasteiger partial charge >= 0.3 is 0 Å². The molecule has 0 radical (unpaired) electrons. The second-order valence-electron chi connectivity index (χ2n) is 19.7. The van der Waals surface area contributed by atoms with Crippen LogP contribution in [-0.2, 0) is 10.8 Å². The average molecular weight is 907 g/mol. The number of benzene rings is 10. The number of nitrogens with zero attached hydrogens (tertiary/aromatic N) is 2. The summed E-state index contributed by atoms with van der Waals surface area (Å²) in [6.07, 6.45) is 10.2. The smallest absolute Gasteiger partial charge is 0.0542 e. The minimum absolute atomic E-state index is 0.224. The largest absolute Gasteiger partial charge is 0.310 e. The molecule has 2 atom stereocenters. The second kappa shape index (κ2) is 16.2. The minimum Gasteiger partial charge on any atom is -0.310 e. The van der Waals surface area contributed by atoms with Gasteiger partial charge in [-0.3, -0.25) is 0 Å². The summed E-state index contributed by atoms with van der Waals surface area (Å²) < 4.78 is 2.45. The summed E-state index contributed by atoms with van der Waals surface area (Å²) >= 11 is 0. The van der Waals surface area contributed by atoms with E-state index in [4.69, 9.17) is 0 Å². The van der Waals surface area contributed by atoms with Crippen molar-refractivity contribution in [2.75, 3.05) is 4.90 Å². The highest BCUT2D eigenvalue weighted by atomic mass is 15.1. The molecule has 0 amide bonds. The summed E-state index contributed by atoms with van der Waals surface area (Å²) in [5, 5.41) is 2.44. The minimum atomic E-state index is -0.398. The molecular weight excluding hydrogens is 857 g/mol. The van der Waals surface area contributed by atoms with Crippen LogP contribution in [0.25, 0.3) is 60.9 Å². The van der Waals surface area contributed by atoms with Gasteiger partial charge < -0.3 is 9.47 Å². The van der Waals surface area contributed by atoms with Crippen LogP contribution in [0.15, 0.2) is 267 Å². The number of fused-ring (bicyclic) bond motifs is 9. The fourth-order valence-corrected chi connectivity index (χ4v) is 12.9. The van der Waals surface area contributed by atoms with Crippen LogP contribution in [-0.4, -0.2) is 4.57 Å². The first kappa shape index (κ1) is 41.3. The van der Waals surface area contributed by atoms with Gasteiger partial charge in [-0.15, -0.1) is 0 Å². The van der Waals surface area contributed by atoms with E-state index in [0.29, 0.717) is 0 Å². The van der Waals surface area contributed by atoms with E-state index >= 15 is 0 Å². The van der Waals surface area contributed by atoms with Gasteiger partial charge in [0.15, 0.2) is 0 Å². The van der Waals surface area contributed by atoms with Gasteiger partial charge in [0, 0.05) is 38.9 Å². The predicted molar refractivity (Wildman–Crippen MR) is 296 cm³/mol. The Balaban J connectivity index is 1.01. The third kappa shape index (κ3) is 6.14. The highest BCUT2D eigenvalue weighted by Crippen LogP contribution is 2.59. The molecule has 0 spiro atoms. The van der Waals surface area contributed by atoms with Crippen molar-refractivity contribution in [2.45, 2.75) is 24.2 Å². The Labute approximate surface area is 415 Å². The van der Waals surface area contributed by atoms with Gasteiger partial charge in [-0.1, -0.05) is 200 Å². The number of para-hydroxylation sites is 1. The van der Waals surface area contributed by atoms with Crippen molar-refractivity contribution in [1.29, 1.82) is 0 Å². The maximum Gasteiger partial charge on any atom is 0.0542 e. The van der Waals surface area contributed by atoms with E-state index in [1.165, 1.54) is 88.6 Å². The van der Waals surface area contributed by atoms with Gasteiger partial charge in [-0.2, -0.15) is 0 Å². The number of hydrogen-bond acceptors (Lipinski definition) is 1. The Morgan fingerprint density at radius 2 is 0.930 bits per heavy atom. The molecule has 0 N–H and O–H groups in total. The molecule has 3 aliphatic rings. The lowest BCUT2D eigenvalue weighted by molar-refractivity contribution is 0.457. The van der Waals surface area contributed by atoms with Gasteiger partial charge in [0.25, 0.3) is 0 Å². The molecule has 0 aliphatic heterocycles. The molecule has 11 aromatic rings. The second-order valence-corrected chi connectivity index (χ2v) is 19.7. The van der Waals surface area contributed by atoms with Gasteiger partial charge in [0.1, 0.15) is 0 Å². The summed E-state index contributed by atoms with van der Waals surface area (Å²) in [4.78, 5) is 2.49. The Bertz CT molecular complexity index is 3870. The van der Waals surface area contributed by atoms with Crippen LogP contribution in [0, 0.1) is 5.92 Å². The number of aromatic nitrogens is 1. The quantitative estimate of drug-likeness (QED) is 0.147. The van der Waals surface area contributed by atoms with Crippen molar-refractivity contribution in [3.05, 3.63) is 300 Å². The lowest BCUT2D eigenvalue weighted by Crippen LogP contribution is -2.35. The van der Waals surface area contributed by atoms with Crippen LogP contribution in [0.5, 0.6) is 0 Å². The molecule has 2 nitrogen and oxygen atoms in total. The first-order valence-corrected chi connectivity index (χ1v) is 25.0. The van der Waals surface area contributed by atoms with Crippen LogP contribution in [0.1, 0.15) is 46.7 Å². The molecule has 14 rings (SSSR count). The third-order valence-electron chi connectivity index (χ3n) is 16.1. The Morgan fingerprint density at radius 1 is 0.408 bits per heavy atom. The summed E-state index contributed by atoms with van der Waals surface area (Å²) in [5.74, 6) is 0.224. The Hall–Kier alpha value is -8.72. The molecule has 0 bridgehead atoms. The first-order valence-electron chi connectivity index (χ1n) is 25.0. The monoisotopic (exact) mass is 906 g/mol. The van der Waals surface area contributed by atoms with Gasteiger partial charge in [-0.05, 0) is 153 Å². The number of anilines is 3. The molecule has 1 heterocycles. The molecule has 0 fully saturated rings. The molecule has 2 unspecified atom stereocenters. The van der Waals surface area contributed by atoms with Crippen LogP contribution >= 0.6 is 0 Å². The van der Waals surface area contributed by atoms with E-state index in [1.807, 2.05) is 0 Å². The standard InChI is InChI=1S/C69H50N2/c1-68(62-31-17-14-28-56(62)57-29-15-18-32-63(57)68)51-36-42-66-60(44-51)61-45-54(40-43-67(61)71(66)52-26-12-5-13-27-52)70(53-37-34-48(35-38-53)47-20-6-2-7-21-47)55-39-41-59-58-30-16-19-33-64(58)69(65(59)46-55,49-22-8-3-9-23-49)50-24-10-4-11-25-50/h2-24,26-46,50H,25H2,1H3. The molecule has 0 saturated heterocycles. The molecule has 71 heavy (non-hydrogen) atoms. The van der Waals surface area contributed by atoms with Gasteiger partial charge in [0.05, 0.1) is 16.4 Å². The molecule has 2 heteroatoms. The van der Waals surface area contributed by atoms with Crippen LogP contribution in [0.3, 0.4) is 0 Å². The van der Waals surface area contributed by atoms with Crippen molar-refractivity contribution in [1.82, 2.24) is 4.57 Å². The normalized spacial score (nSPS) is 16.9. The van der Waals surface area contributed by atoms with Crippen molar-refractivity contribution in [2.24, 2.45) is 5.92 Å². The number of hydrogen-bond donors (Lipinski definition) is 0. The van der Waals surface area contributed by atoms with Crippen LogP contribution in [0.2, 0.25) is 0 Å². The van der Waals surface area contributed by atoms with E-state index < -0.39 is 5.41 Å². The summed E-state index contributed by atoms with van der Waals surface area (Å²) in [6.45, 7) is 2.42. The molecular formula is C69H50N2. The van der Waals surface area contributed by atoms with E-state index in [9.17, 15) is 0 Å². The number of rotatable bonds is 8. The SMILES string of the molecule is CC1(c2ccc3c(c2)c2cc(N(c4ccc(-c5ccccc5)cc4)c4ccc5c(c4)C(c4ccccc4)(C4C=CC=CC4)c4ccccc4-5)ccc2n3-c2ccccc2)c2ccccc2-c2ccccc21. The molecule has 336 valence electrons. The van der Waals surface area contributed by atoms with Crippen molar-refractivity contribution in [3.63, 3.8) is 0 Å². The zero-order valence-corrected chi connectivity index (χ0v) is 39.6. The Kier molecular flexibility index (Phi) is 9.41. The van der Waals surface area contributed by atoms with Crippen LogP contribution < -0.4 is 4.90 Å². The van der Waals surface area contributed by atoms with E-state index in [0.717, 1.165) is 29.2 Å². The van der Waals surface area contributed by atoms with E-state index in [2.05, 4.69) is 283 Å². The highest BCUT2D eigenvalue weighted by Gasteiger charge is 2.49. The molecule has 0 saturated carbocycles. The molecule has 1 aromatic heterocycles.